The van der Waals surface area contributed by atoms with E-state index < -0.39 is 65.2 Å². The number of phenols is 1. The molecule has 0 unspecified atom stereocenters. The second kappa shape index (κ2) is 24.3. The van der Waals surface area contributed by atoms with Crippen molar-refractivity contribution < 1.29 is 51.8 Å². The van der Waals surface area contributed by atoms with Crippen molar-refractivity contribution in [2.45, 2.75) is 82.3 Å². The average molecular weight is 1160 g/mol. The number of rotatable bonds is 18. The summed E-state index contributed by atoms with van der Waals surface area (Å²) in [4.78, 5) is 56.5. The van der Waals surface area contributed by atoms with E-state index in [2.05, 4.69) is 33.2 Å². The lowest BCUT2D eigenvalue weighted by molar-refractivity contribution is -0.141. The van der Waals surface area contributed by atoms with Crippen LogP contribution in [0.5, 0.6) is 17.6 Å². The molecule has 0 bridgehead atoms. The summed E-state index contributed by atoms with van der Waals surface area (Å²) in [7, 11) is 1.86. The Bertz CT molecular complexity index is 3620. The van der Waals surface area contributed by atoms with Gasteiger partial charge in [-0.25, -0.2) is 13.2 Å². The number of phenolic OH excluding ortho intramolecular Hbond substituents is 1. The number of aromatic hydroxyl groups is 1. The van der Waals surface area contributed by atoms with Crippen LogP contribution >= 0.6 is 11.6 Å². The predicted octanol–water partition coefficient (Wildman–Crippen LogP) is 8.59. The van der Waals surface area contributed by atoms with Crippen molar-refractivity contribution in [2.75, 3.05) is 63.9 Å². The van der Waals surface area contributed by atoms with Gasteiger partial charge in [0.1, 0.15) is 47.9 Å². The smallest absolute Gasteiger partial charge is 0.319 e. The third kappa shape index (κ3) is 12.3. The number of amides is 3. The zero-order chi connectivity index (χ0) is 58.9. The first-order chi connectivity index (χ1) is 39.8. The van der Waals surface area contributed by atoms with Gasteiger partial charge in [0.15, 0.2) is 17.4 Å². The van der Waals surface area contributed by atoms with E-state index in [9.17, 15) is 34.2 Å². The van der Waals surface area contributed by atoms with Crippen LogP contribution < -0.4 is 19.7 Å². The number of nitrogens with one attached hydrogen (secondary N) is 1. The van der Waals surface area contributed by atoms with E-state index in [1.165, 1.54) is 28.0 Å². The van der Waals surface area contributed by atoms with Gasteiger partial charge in [0, 0.05) is 82.5 Å². The summed E-state index contributed by atoms with van der Waals surface area (Å²) in [6.07, 6.45) is 0.888. The number of piperazine rings is 1. The Morgan fingerprint density at radius 2 is 1.73 bits per heavy atom. The molecule has 4 aromatic carbocycles. The lowest BCUT2D eigenvalue weighted by Gasteiger charge is -2.41. The summed E-state index contributed by atoms with van der Waals surface area (Å²) in [6.45, 7) is 9.34. The number of carbonyl (C=O) groups excluding carboxylic acids is 3. The largest absolute Gasteiger partial charge is 0.508 e. The number of aryl methyl sites for hydroxylation is 1. The summed E-state index contributed by atoms with van der Waals surface area (Å²) >= 11 is 6.92. The van der Waals surface area contributed by atoms with Crippen molar-refractivity contribution in [1.82, 2.24) is 44.9 Å². The van der Waals surface area contributed by atoms with Gasteiger partial charge in [0.05, 0.1) is 41.4 Å². The van der Waals surface area contributed by atoms with Gasteiger partial charge in [-0.2, -0.15) is 20.3 Å². The number of hydrogen-bond acceptors (Lipinski definition) is 15. The minimum atomic E-state index is -1.75. The molecule has 3 fully saturated rings. The van der Waals surface area contributed by atoms with Gasteiger partial charge >= 0.3 is 6.01 Å². The number of carbonyl (C=O) groups is 3. The summed E-state index contributed by atoms with van der Waals surface area (Å²) in [5, 5.41) is 43.9. The maximum absolute atomic E-state index is 17.3. The molecule has 7 aromatic rings. The van der Waals surface area contributed by atoms with Crippen LogP contribution in [0.2, 0.25) is 5.02 Å². The van der Waals surface area contributed by atoms with Gasteiger partial charge in [-0.05, 0) is 82.6 Å². The SMILES string of the molecule is C=C(F)C(=O)N1CCN(c2nc(OCCN3CCC(F)(COc4cc([C@@H](C(=O)N5C[C@H](O)C[C@H]5C(=O)N[C@@H](C)c5ccc(-c6ccnn6C)cc5)C(C)C)on4)CC3)nc3c(F)c(-c4cc(O)cc5ccccc45)c(Cl)cc23)C[C@@H]1CC#N. The Morgan fingerprint density at radius 3 is 2.45 bits per heavy atom. The molecule has 5 atom stereocenters. The molecule has 0 spiro atoms. The Morgan fingerprint density at radius 1 is 0.976 bits per heavy atom. The van der Waals surface area contributed by atoms with Crippen LogP contribution in [-0.4, -0.2) is 150 Å². The normalized spacial score (nSPS) is 19.0. The molecule has 3 saturated heterocycles. The number of alkyl halides is 1. The minimum absolute atomic E-state index is 0.00100. The molecule has 0 aliphatic carbocycles. The molecule has 3 aliphatic heterocycles. The van der Waals surface area contributed by atoms with Gasteiger partial charge < -0.3 is 44.2 Å². The van der Waals surface area contributed by atoms with E-state index in [1.807, 2.05) is 63.1 Å². The number of aliphatic hydroxyl groups excluding tert-OH is 1. The number of aromatic nitrogens is 5. The molecule has 0 radical (unpaired) electrons. The maximum atomic E-state index is 17.3. The Kier molecular flexibility index (Phi) is 17.0. The highest BCUT2D eigenvalue weighted by Gasteiger charge is 2.44. The van der Waals surface area contributed by atoms with Crippen LogP contribution in [0.4, 0.5) is 19.0 Å². The number of nitriles is 1. The van der Waals surface area contributed by atoms with Crippen molar-refractivity contribution in [2.24, 2.45) is 13.0 Å². The molecule has 434 valence electrons. The highest BCUT2D eigenvalue weighted by Crippen LogP contribution is 2.43. The van der Waals surface area contributed by atoms with E-state index >= 15 is 8.78 Å². The first kappa shape index (κ1) is 58.0. The fourth-order valence-corrected chi connectivity index (χ4v) is 11.7. The van der Waals surface area contributed by atoms with Crippen LogP contribution in [0, 0.1) is 23.1 Å². The molecular weight excluding hydrogens is 1100 g/mol. The Balaban J connectivity index is 0.778. The predicted molar refractivity (Wildman–Crippen MR) is 303 cm³/mol. The van der Waals surface area contributed by atoms with Crippen molar-refractivity contribution >= 4 is 56.8 Å². The van der Waals surface area contributed by atoms with E-state index in [0.29, 0.717) is 36.0 Å². The fraction of sp³-hybridized carbons (Fsp3) is 0.400. The van der Waals surface area contributed by atoms with Crippen molar-refractivity contribution in [3.05, 3.63) is 120 Å². The first-order valence-corrected chi connectivity index (χ1v) is 27.9. The number of aliphatic hydroxyl groups is 1. The number of likely N-dealkylation sites (tertiary alicyclic amines) is 2. The van der Waals surface area contributed by atoms with Gasteiger partial charge in [-0.1, -0.05) is 80.6 Å². The lowest BCUT2D eigenvalue weighted by atomic mass is 9.91. The monoisotopic (exact) mass is 1160 g/mol. The lowest BCUT2D eigenvalue weighted by Crippen LogP contribution is -2.55. The molecule has 19 nitrogen and oxygen atoms in total. The number of ether oxygens (including phenoxy) is 2. The van der Waals surface area contributed by atoms with Crippen LogP contribution in [0.15, 0.2) is 102 Å². The van der Waals surface area contributed by atoms with Crippen molar-refractivity contribution in [3.63, 3.8) is 0 Å². The van der Waals surface area contributed by atoms with Crippen LogP contribution in [0.1, 0.15) is 69.7 Å². The molecular formula is C60H63ClF3N11O8. The number of hydrogen-bond donors (Lipinski definition) is 3. The van der Waals surface area contributed by atoms with Crippen LogP contribution in [0.25, 0.3) is 44.1 Å². The number of fused-ring (bicyclic) bond motifs is 2. The average Bonchev–Trinajstić information content (AvgIpc) is 3.68. The molecule has 23 heteroatoms. The second-order valence-corrected chi connectivity index (χ2v) is 22.3. The molecule has 3 aliphatic rings. The number of benzene rings is 4. The van der Waals surface area contributed by atoms with Crippen molar-refractivity contribution in [1.29, 1.82) is 5.26 Å². The third-order valence-electron chi connectivity index (χ3n) is 15.9. The van der Waals surface area contributed by atoms with Crippen LogP contribution in [-0.2, 0) is 21.4 Å². The zero-order valence-corrected chi connectivity index (χ0v) is 47.0. The Hall–Kier alpha value is -8.26. The summed E-state index contributed by atoms with van der Waals surface area (Å²) in [5.41, 5.74) is 1.17. The van der Waals surface area contributed by atoms with Crippen LogP contribution in [0.3, 0.4) is 0 Å². The number of β-amino-alcohol motifs (C(OH)–C–C–N with tert-alkyl or cyclic N) is 1. The van der Waals surface area contributed by atoms with Gasteiger partial charge in [0.2, 0.25) is 11.8 Å². The van der Waals surface area contributed by atoms with E-state index in [4.69, 9.17) is 30.6 Å². The van der Waals surface area contributed by atoms with E-state index in [1.54, 1.807) is 46.1 Å². The second-order valence-electron chi connectivity index (χ2n) is 21.9. The van der Waals surface area contributed by atoms with Gasteiger partial charge in [-0.15, -0.1) is 0 Å². The number of nitrogens with zero attached hydrogens (tertiary/aromatic N) is 10. The topological polar surface area (TPSA) is 229 Å². The molecule has 3 aromatic heterocycles. The molecule has 10 rings (SSSR count). The van der Waals surface area contributed by atoms with Crippen molar-refractivity contribution in [3.8, 4) is 46.1 Å². The highest BCUT2D eigenvalue weighted by atomic mass is 35.5. The zero-order valence-electron chi connectivity index (χ0n) is 46.3. The van der Waals surface area contributed by atoms with E-state index in [-0.39, 0.29) is 122 Å². The minimum Gasteiger partial charge on any atom is -0.508 e. The maximum Gasteiger partial charge on any atom is 0.319 e. The molecule has 0 saturated carbocycles. The molecule has 3 amide bonds. The summed E-state index contributed by atoms with van der Waals surface area (Å²) in [6, 6.07) is 22.5. The summed E-state index contributed by atoms with van der Waals surface area (Å²) < 4.78 is 67.3. The number of anilines is 1. The molecule has 6 heterocycles. The first-order valence-electron chi connectivity index (χ1n) is 27.5. The summed E-state index contributed by atoms with van der Waals surface area (Å²) in [5.74, 6) is -4.71. The quantitative estimate of drug-likeness (QED) is 0.0684. The highest BCUT2D eigenvalue weighted by molar-refractivity contribution is 6.35. The number of piperidine rings is 1. The molecule has 83 heavy (non-hydrogen) atoms. The molecule has 3 N–H and O–H groups in total. The van der Waals surface area contributed by atoms with Gasteiger partial charge in [0.25, 0.3) is 11.8 Å². The van der Waals surface area contributed by atoms with E-state index in [0.717, 1.165) is 16.8 Å². The number of halogens is 4. The standard InChI is InChI=1S/C60H63ClF3N11O8/c1-34(2)51(58(80)75-32-42(77)28-48(75)56(78)67-36(4)37-10-12-38(13-11-37)47-15-19-66-71(47)5)49-30-50(70-83-49)82-33-60(64)16-20-72(21-17-60)24-25-81-59-68-54-45(55(69-59)73-22-23-74(57(79)35(3)62)40(31-73)14-18-65)29-46(61)52(53(54)63)44-27-41(76)26-39-8-6-7-9-43(39)44/h6-13,15,19,26-27,29-30,34,36,40,42,48,51,76-77H,3,14,16-17,20-25,28,31-33H2,1-2,4-5H3,(H,67,78)/t36-,40-,42+,48-,51-/m0/s1. The Labute approximate surface area is 481 Å². The third-order valence-corrected chi connectivity index (χ3v) is 16.2. The van der Waals surface area contributed by atoms with Gasteiger partial charge in [-0.3, -0.25) is 24.0 Å². The fourth-order valence-electron chi connectivity index (χ4n) is 11.5.